The molecule has 3 heteroatoms. The van der Waals surface area contributed by atoms with E-state index in [4.69, 9.17) is 0 Å². The van der Waals surface area contributed by atoms with Crippen molar-refractivity contribution in [3.63, 3.8) is 0 Å². The number of hydrogen-bond donors (Lipinski definition) is 1. The van der Waals surface area contributed by atoms with Crippen molar-refractivity contribution in [3.8, 4) is 0 Å². The Labute approximate surface area is 83.2 Å². The van der Waals surface area contributed by atoms with Gasteiger partial charge in [0, 0.05) is 12.1 Å². The van der Waals surface area contributed by atoms with Crippen LogP contribution in [0.1, 0.15) is 13.3 Å². The molecule has 0 aromatic heterocycles. The van der Waals surface area contributed by atoms with Crippen LogP contribution < -0.4 is 5.32 Å². The Morgan fingerprint density at radius 2 is 2.43 bits per heavy atom. The molecule has 0 fully saturated rings. The third kappa shape index (κ3) is 2.69. The Morgan fingerprint density at radius 3 is 3.07 bits per heavy atom. The monoisotopic (exact) mass is 191 g/mol. The fourth-order valence-electron chi connectivity index (χ4n) is 1.17. The lowest BCUT2D eigenvalue weighted by atomic mass is 10.1. The van der Waals surface area contributed by atoms with E-state index < -0.39 is 0 Å². The molecule has 74 valence electrons. The second-order valence-electron chi connectivity index (χ2n) is 2.95. The molecule has 0 unspecified atom stereocenters. The number of rotatable bonds is 3. The van der Waals surface area contributed by atoms with Gasteiger partial charge < -0.3 is 5.32 Å². The minimum atomic E-state index is -0.140. The van der Waals surface area contributed by atoms with E-state index in [1.54, 1.807) is 18.2 Å². The summed E-state index contributed by atoms with van der Waals surface area (Å²) in [6.45, 7) is 2.44. The molecule has 0 aromatic rings. The zero-order valence-electron chi connectivity index (χ0n) is 8.12. The minimum absolute atomic E-state index is 0.140. The number of hydrogen-bond acceptors (Lipinski definition) is 2. The topological polar surface area (TPSA) is 46.2 Å². The van der Waals surface area contributed by atoms with Crippen LogP contribution in [0.5, 0.6) is 0 Å². The first-order valence-corrected chi connectivity index (χ1v) is 4.58. The zero-order valence-corrected chi connectivity index (χ0v) is 8.12. The van der Waals surface area contributed by atoms with Crippen LogP contribution in [0.2, 0.25) is 0 Å². The number of carbonyl (C=O) groups excluding carboxylic acids is 2. The van der Waals surface area contributed by atoms with Gasteiger partial charge in [-0.15, -0.1) is 0 Å². The van der Waals surface area contributed by atoms with Gasteiger partial charge in [-0.3, -0.25) is 9.59 Å². The summed E-state index contributed by atoms with van der Waals surface area (Å²) in [6, 6.07) is 0. The van der Waals surface area contributed by atoms with Gasteiger partial charge in [-0.1, -0.05) is 12.2 Å². The van der Waals surface area contributed by atoms with E-state index >= 15 is 0 Å². The van der Waals surface area contributed by atoms with Gasteiger partial charge in [0.2, 0.25) is 0 Å². The quantitative estimate of drug-likeness (QED) is 0.680. The number of nitrogens with one attached hydrogen (secondary N) is 1. The molecule has 0 aromatic carbocycles. The van der Waals surface area contributed by atoms with Crippen LogP contribution in [0, 0.1) is 0 Å². The van der Waals surface area contributed by atoms with Crippen molar-refractivity contribution in [3.05, 3.63) is 35.5 Å². The van der Waals surface area contributed by atoms with E-state index in [-0.39, 0.29) is 5.91 Å². The van der Waals surface area contributed by atoms with Gasteiger partial charge in [0.1, 0.15) is 6.29 Å². The number of allylic oxidation sites excluding steroid dienone is 4. The summed E-state index contributed by atoms with van der Waals surface area (Å²) in [5.41, 5.74) is 1.15. The van der Waals surface area contributed by atoms with Crippen molar-refractivity contribution < 1.29 is 9.59 Å². The number of carbonyl (C=O) groups is 2. The number of amides is 1. The molecule has 14 heavy (non-hydrogen) atoms. The summed E-state index contributed by atoms with van der Waals surface area (Å²) in [5.74, 6) is -0.140. The smallest absolute Gasteiger partial charge is 0.251 e. The van der Waals surface area contributed by atoms with Crippen molar-refractivity contribution in [2.24, 2.45) is 0 Å². The number of likely N-dealkylation sites (N-methyl/N-ethyl adjacent to an activating group) is 1. The highest BCUT2D eigenvalue weighted by Crippen LogP contribution is 2.10. The summed E-state index contributed by atoms with van der Waals surface area (Å²) >= 11 is 0. The van der Waals surface area contributed by atoms with E-state index in [9.17, 15) is 9.59 Å². The van der Waals surface area contributed by atoms with E-state index in [0.29, 0.717) is 24.1 Å². The predicted molar refractivity (Wildman–Crippen MR) is 54.7 cm³/mol. The van der Waals surface area contributed by atoms with Crippen molar-refractivity contribution in [2.75, 3.05) is 6.54 Å². The Morgan fingerprint density at radius 1 is 1.64 bits per heavy atom. The van der Waals surface area contributed by atoms with Crippen molar-refractivity contribution in [1.82, 2.24) is 5.32 Å². The van der Waals surface area contributed by atoms with Gasteiger partial charge in [0.15, 0.2) is 0 Å². The summed E-state index contributed by atoms with van der Waals surface area (Å²) in [6.07, 6.45) is 8.34. The Bertz CT molecular complexity index is 324. The molecule has 1 N–H and O–H groups in total. The largest absolute Gasteiger partial charge is 0.352 e. The van der Waals surface area contributed by atoms with Crippen molar-refractivity contribution >= 4 is 12.2 Å². The van der Waals surface area contributed by atoms with Crippen LogP contribution in [-0.4, -0.2) is 18.7 Å². The molecule has 0 saturated heterocycles. The van der Waals surface area contributed by atoms with Gasteiger partial charge in [0.25, 0.3) is 5.91 Å². The van der Waals surface area contributed by atoms with Crippen LogP contribution in [0.15, 0.2) is 35.5 Å². The zero-order chi connectivity index (χ0) is 10.4. The standard InChI is InChI=1S/C11H13NO2/c1-2-12-11(14)10-6-4-3-5-9(7-10)8-13/h3-4,6-8H,2,5H2,1H3,(H,12,14). The molecule has 0 spiro atoms. The van der Waals surface area contributed by atoms with E-state index in [1.165, 1.54) is 0 Å². The average Bonchev–Trinajstić information content (AvgIpc) is 2.43. The Balaban J connectivity index is 2.85. The van der Waals surface area contributed by atoms with Crippen LogP contribution in [0.4, 0.5) is 0 Å². The molecule has 1 amide bonds. The van der Waals surface area contributed by atoms with Gasteiger partial charge in [-0.25, -0.2) is 0 Å². The third-order valence-electron chi connectivity index (χ3n) is 1.86. The normalized spacial score (nSPS) is 15.2. The molecule has 0 heterocycles. The molecule has 0 bridgehead atoms. The maximum absolute atomic E-state index is 11.4. The van der Waals surface area contributed by atoms with E-state index in [1.807, 2.05) is 13.0 Å². The first-order valence-electron chi connectivity index (χ1n) is 4.58. The molecule has 3 nitrogen and oxygen atoms in total. The molecule has 1 rings (SSSR count). The summed E-state index contributed by atoms with van der Waals surface area (Å²) in [7, 11) is 0. The van der Waals surface area contributed by atoms with Crippen LogP contribution in [-0.2, 0) is 9.59 Å². The molecule has 1 aliphatic carbocycles. The highest BCUT2D eigenvalue weighted by molar-refractivity contribution is 5.98. The van der Waals surface area contributed by atoms with Crippen LogP contribution in [0.25, 0.3) is 0 Å². The number of aldehydes is 1. The highest BCUT2D eigenvalue weighted by atomic mass is 16.1. The molecule has 0 atom stereocenters. The maximum Gasteiger partial charge on any atom is 0.251 e. The molecular weight excluding hydrogens is 178 g/mol. The lowest BCUT2D eigenvalue weighted by Crippen LogP contribution is -2.23. The Kier molecular flexibility index (Phi) is 3.85. The molecule has 0 saturated carbocycles. The van der Waals surface area contributed by atoms with Gasteiger partial charge in [-0.2, -0.15) is 0 Å². The van der Waals surface area contributed by atoms with E-state index in [0.717, 1.165) is 6.29 Å². The predicted octanol–water partition coefficient (Wildman–Crippen LogP) is 1.13. The minimum Gasteiger partial charge on any atom is -0.352 e. The lowest BCUT2D eigenvalue weighted by Gasteiger charge is -2.01. The molecular formula is C11H13NO2. The average molecular weight is 191 g/mol. The molecule has 0 aliphatic heterocycles. The third-order valence-corrected chi connectivity index (χ3v) is 1.86. The van der Waals surface area contributed by atoms with Crippen LogP contribution in [0.3, 0.4) is 0 Å². The lowest BCUT2D eigenvalue weighted by molar-refractivity contribution is -0.117. The van der Waals surface area contributed by atoms with Crippen LogP contribution >= 0.6 is 0 Å². The fraction of sp³-hybridized carbons (Fsp3) is 0.273. The maximum atomic E-state index is 11.4. The Hall–Kier alpha value is -1.64. The molecule has 0 radical (unpaired) electrons. The highest BCUT2D eigenvalue weighted by Gasteiger charge is 2.07. The first kappa shape index (κ1) is 10.4. The molecule has 1 aliphatic rings. The van der Waals surface area contributed by atoms with Crippen molar-refractivity contribution in [2.45, 2.75) is 13.3 Å². The first-order chi connectivity index (χ1) is 6.77. The summed E-state index contributed by atoms with van der Waals surface area (Å²) in [5, 5.41) is 2.69. The van der Waals surface area contributed by atoms with Gasteiger partial charge >= 0.3 is 0 Å². The summed E-state index contributed by atoms with van der Waals surface area (Å²) in [4.78, 5) is 22.0. The van der Waals surface area contributed by atoms with E-state index in [2.05, 4.69) is 5.32 Å². The SMILES string of the molecule is CCNC(=O)C1=CC=CCC(C=O)=C1. The fourth-order valence-corrected chi connectivity index (χ4v) is 1.17. The second-order valence-corrected chi connectivity index (χ2v) is 2.95. The summed E-state index contributed by atoms with van der Waals surface area (Å²) < 4.78 is 0. The van der Waals surface area contributed by atoms with Crippen molar-refractivity contribution in [1.29, 1.82) is 0 Å². The van der Waals surface area contributed by atoms with Gasteiger partial charge in [-0.05, 0) is 31.1 Å². The second kappa shape index (κ2) is 5.17. The van der Waals surface area contributed by atoms with Gasteiger partial charge in [0.05, 0.1) is 0 Å².